The lowest BCUT2D eigenvalue weighted by molar-refractivity contribution is -0.132. The smallest absolute Gasteiger partial charge is 0.257 e. The first-order chi connectivity index (χ1) is 15.1. The van der Waals surface area contributed by atoms with E-state index in [0.717, 1.165) is 57.4 Å². The van der Waals surface area contributed by atoms with Crippen molar-refractivity contribution in [3.05, 3.63) is 64.7 Å². The van der Waals surface area contributed by atoms with Crippen LogP contribution in [-0.4, -0.2) is 54.4 Å². The second-order valence-electron chi connectivity index (χ2n) is 8.43. The molecule has 2 aliphatic rings. The van der Waals surface area contributed by atoms with E-state index in [2.05, 4.69) is 0 Å². The fourth-order valence-corrected chi connectivity index (χ4v) is 4.43. The highest BCUT2D eigenvalue weighted by Gasteiger charge is 2.25. The molecule has 5 nitrogen and oxygen atoms in total. The average Bonchev–Trinajstić information content (AvgIpc) is 3.34. The third-order valence-corrected chi connectivity index (χ3v) is 6.47. The molecule has 2 heterocycles. The lowest BCUT2D eigenvalue weighted by Gasteiger charge is -2.32. The number of carbonyl (C=O) groups is 2. The van der Waals surface area contributed by atoms with Gasteiger partial charge in [0.05, 0.1) is 18.6 Å². The molecule has 4 rings (SSSR count). The summed E-state index contributed by atoms with van der Waals surface area (Å²) in [5.41, 5.74) is 1.64. The molecule has 0 aliphatic carbocycles. The maximum Gasteiger partial charge on any atom is 0.257 e. The van der Waals surface area contributed by atoms with Crippen LogP contribution in [0.2, 0.25) is 5.02 Å². The molecule has 2 saturated heterocycles. The highest BCUT2D eigenvalue weighted by molar-refractivity contribution is 6.30. The molecule has 0 N–H and O–H groups in total. The maximum atomic E-state index is 12.8. The van der Waals surface area contributed by atoms with E-state index >= 15 is 0 Å². The summed E-state index contributed by atoms with van der Waals surface area (Å²) < 4.78 is 6.10. The van der Waals surface area contributed by atoms with Crippen molar-refractivity contribution in [2.45, 2.75) is 32.1 Å². The van der Waals surface area contributed by atoms with Crippen LogP contribution >= 0.6 is 11.6 Å². The van der Waals surface area contributed by atoms with E-state index in [1.54, 1.807) is 0 Å². The van der Waals surface area contributed by atoms with Crippen LogP contribution in [0, 0.1) is 5.92 Å². The van der Waals surface area contributed by atoms with Crippen LogP contribution in [0.1, 0.15) is 41.6 Å². The number of para-hydroxylation sites is 1. The zero-order valence-electron chi connectivity index (χ0n) is 17.8. The van der Waals surface area contributed by atoms with Gasteiger partial charge in [-0.05, 0) is 61.4 Å². The van der Waals surface area contributed by atoms with E-state index in [1.165, 1.54) is 0 Å². The van der Waals surface area contributed by atoms with Gasteiger partial charge in [-0.25, -0.2) is 0 Å². The third-order valence-electron chi connectivity index (χ3n) is 6.22. The topological polar surface area (TPSA) is 49.9 Å². The SMILES string of the molecule is O=C(Cc1ccc(Cl)cc1)N1CCC(COc2ccccc2C(=O)N2CCCC2)CC1. The van der Waals surface area contributed by atoms with Crippen molar-refractivity contribution in [2.24, 2.45) is 5.92 Å². The second-order valence-corrected chi connectivity index (χ2v) is 8.87. The number of hydrogen-bond acceptors (Lipinski definition) is 3. The largest absolute Gasteiger partial charge is 0.492 e. The summed E-state index contributed by atoms with van der Waals surface area (Å²) in [5.74, 6) is 1.27. The van der Waals surface area contributed by atoms with Gasteiger partial charge in [-0.2, -0.15) is 0 Å². The van der Waals surface area contributed by atoms with Crippen molar-refractivity contribution in [3.63, 3.8) is 0 Å². The Labute approximate surface area is 188 Å². The molecule has 0 bridgehead atoms. The van der Waals surface area contributed by atoms with E-state index in [9.17, 15) is 9.59 Å². The number of amides is 2. The van der Waals surface area contributed by atoms with Gasteiger partial charge in [-0.3, -0.25) is 9.59 Å². The number of nitrogens with zero attached hydrogens (tertiary/aromatic N) is 2. The summed E-state index contributed by atoms with van der Waals surface area (Å²) >= 11 is 5.92. The van der Waals surface area contributed by atoms with E-state index in [1.807, 2.05) is 58.3 Å². The van der Waals surface area contributed by atoms with Crippen LogP contribution in [0.4, 0.5) is 0 Å². The summed E-state index contributed by atoms with van der Waals surface area (Å²) in [7, 11) is 0. The molecule has 31 heavy (non-hydrogen) atoms. The van der Waals surface area contributed by atoms with Crippen molar-refractivity contribution in [1.82, 2.24) is 9.80 Å². The van der Waals surface area contributed by atoms with Crippen LogP contribution in [0.15, 0.2) is 48.5 Å². The zero-order chi connectivity index (χ0) is 21.6. The summed E-state index contributed by atoms with van der Waals surface area (Å²) in [5, 5.41) is 0.681. The van der Waals surface area contributed by atoms with Gasteiger partial charge >= 0.3 is 0 Å². The number of carbonyl (C=O) groups excluding carboxylic acids is 2. The number of rotatable bonds is 6. The van der Waals surface area contributed by atoms with Gasteiger partial charge in [0.15, 0.2) is 0 Å². The van der Waals surface area contributed by atoms with E-state index < -0.39 is 0 Å². The normalized spacial score (nSPS) is 17.1. The zero-order valence-corrected chi connectivity index (χ0v) is 18.5. The lowest BCUT2D eigenvalue weighted by atomic mass is 9.97. The van der Waals surface area contributed by atoms with Gasteiger partial charge in [0, 0.05) is 31.2 Å². The van der Waals surface area contributed by atoms with Crippen LogP contribution in [0.3, 0.4) is 0 Å². The molecule has 0 aromatic heterocycles. The van der Waals surface area contributed by atoms with Crippen LogP contribution in [-0.2, 0) is 11.2 Å². The summed E-state index contributed by atoms with van der Waals surface area (Å²) in [6, 6.07) is 15.0. The molecule has 6 heteroatoms. The minimum atomic E-state index is 0.0655. The Balaban J connectivity index is 1.26. The Morgan fingerprint density at radius 1 is 0.903 bits per heavy atom. The van der Waals surface area contributed by atoms with Crippen LogP contribution in [0.25, 0.3) is 0 Å². The minimum absolute atomic E-state index is 0.0655. The number of hydrogen-bond donors (Lipinski definition) is 0. The van der Waals surface area contributed by atoms with Gasteiger partial charge in [-0.15, -0.1) is 0 Å². The standard InChI is InChI=1S/C25H29ClN2O3/c26-21-9-7-19(8-10-21)17-24(29)27-15-11-20(12-16-27)18-31-23-6-2-1-5-22(23)25(30)28-13-3-4-14-28/h1-2,5-10,20H,3-4,11-18H2. The Morgan fingerprint density at radius 2 is 1.58 bits per heavy atom. The molecular weight excluding hydrogens is 412 g/mol. The van der Waals surface area contributed by atoms with Gasteiger partial charge in [0.25, 0.3) is 5.91 Å². The molecule has 0 spiro atoms. The fourth-order valence-electron chi connectivity index (χ4n) is 4.31. The van der Waals surface area contributed by atoms with Crippen LogP contribution in [0.5, 0.6) is 5.75 Å². The lowest BCUT2D eigenvalue weighted by Crippen LogP contribution is -2.40. The minimum Gasteiger partial charge on any atom is -0.492 e. The number of benzene rings is 2. The highest BCUT2D eigenvalue weighted by atomic mass is 35.5. The van der Waals surface area contributed by atoms with E-state index in [-0.39, 0.29) is 11.8 Å². The highest BCUT2D eigenvalue weighted by Crippen LogP contribution is 2.25. The summed E-state index contributed by atoms with van der Waals surface area (Å²) in [4.78, 5) is 29.3. The van der Waals surface area contributed by atoms with Crippen LogP contribution < -0.4 is 4.74 Å². The Morgan fingerprint density at radius 3 is 2.29 bits per heavy atom. The average molecular weight is 441 g/mol. The van der Waals surface area contributed by atoms with Crippen molar-refractivity contribution in [3.8, 4) is 5.75 Å². The summed E-state index contributed by atoms with van der Waals surface area (Å²) in [6.45, 7) is 3.72. The molecule has 0 atom stereocenters. The first-order valence-electron chi connectivity index (χ1n) is 11.1. The molecule has 2 aromatic carbocycles. The Hall–Kier alpha value is -2.53. The fraction of sp³-hybridized carbons (Fsp3) is 0.440. The number of likely N-dealkylation sites (tertiary alicyclic amines) is 2. The quantitative estimate of drug-likeness (QED) is 0.667. The first-order valence-corrected chi connectivity index (χ1v) is 11.5. The molecule has 2 amide bonds. The first kappa shape index (κ1) is 21.7. The van der Waals surface area contributed by atoms with Gasteiger partial charge in [0.1, 0.15) is 5.75 Å². The predicted octanol–water partition coefficient (Wildman–Crippen LogP) is 4.44. The third kappa shape index (κ3) is 5.59. The number of halogens is 1. The van der Waals surface area contributed by atoms with Gasteiger partial charge < -0.3 is 14.5 Å². The van der Waals surface area contributed by atoms with Crippen molar-refractivity contribution < 1.29 is 14.3 Å². The maximum absolute atomic E-state index is 12.8. The van der Waals surface area contributed by atoms with Crippen molar-refractivity contribution in [2.75, 3.05) is 32.8 Å². The molecule has 2 aromatic rings. The molecule has 0 unspecified atom stereocenters. The molecule has 2 fully saturated rings. The molecule has 0 saturated carbocycles. The number of ether oxygens (including phenoxy) is 1. The van der Waals surface area contributed by atoms with E-state index in [0.29, 0.717) is 35.3 Å². The van der Waals surface area contributed by atoms with Crippen molar-refractivity contribution >= 4 is 23.4 Å². The van der Waals surface area contributed by atoms with Gasteiger partial charge in [-0.1, -0.05) is 35.9 Å². The molecular formula is C25H29ClN2O3. The molecule has 0 radical (unpaired) electrons. The Bertz CT molecular complexity index is 901. The summed E-state index contributed by atoms with van der Waals surface area (Å²) in [6.07, 6.45) is 4.38. The molecule has 164 valence electrons. The Kier molecular flexibility index (Phi) is 7.13. The van der Waals surface area contributed by atoms with Gasteiger partial charge in [0.2, 0.25) is 5.91 Å². The molecule has 2 aliphatic heterocycles. The second kappa shape index (κ2) is 10.2. The van der Waals surface area contributed by atoms with E-state index in [4.69, 9.17) is 16.3 Å². The van der Waals surface area contributed by atoms with Crippen molar-refractivity contribution in [1.29, 1.82) is 0 Å². The number of piperidine rings is 1. The monoisotopic (exact) mass is 440 g/mol. The predicted molar refractivity (Wildman–Crippen MR) is 122 cm³/mol.